The Morgan fingerprint density at radius 3 is 1.73 bits per heavy atom. The topological polar surface area (TPSA) is 4.36 Å². The van der Waals surface area contributed by atoms with Crippen molar-refractivity contribution < 1.29 is 0 Å². The maximum absolute atomic E-state index is 6.95. The molecule has 0 unspecified atom stereocenters. The molecule has 0 heterocycles. The minimum atomic E-state index is -0.992. The number of hydrogen-bond donors (Lipinski definition) is 0. The minimum Gasteiger partial charge on any atom is -0.236 e. The second-order valence-corrected chi connectivity index (χ2v) is 5.04. The largest absolute Gasteiger partial charge is 0.236 e. The van der Waals surface area contributed by atoms with Gasteiger partial charge in [-0.15, -0.1) is 23.2 Å². The summed E-state index contributed by atoms with van der Waals surface area (Å²) < 4.78 is 0. The molecule has 0 radical (unpaired) electrons. The smallest absolute Gasteiger partial charge is 0.214 e. The van der Waals surface area contributed by atoms with Crippen LogP contribution in [0.5, 0.6) is 0 Å². The zero-order valence-corrected chi connectivity index (χ0v) is 11.3. The molecule has 0 amide bonds. The van der Waals surface area contributed by atoms with E-state index in [4.69, 9.17) is 76.2 Å². The highest BCUT2D eigenvalue weighted by Crippen LogP contribution is 2.50. The quantitative estimate of drug-likeness (QED) is 0.246. The lowest BCUT2D eigenvalue weighted by molar-refractivity contribution is 1.36. The Kier molecular flexibility index (Phi) is 4.67. The van der Waals surface area contributed by atoms with Crippen molar-refractivity contribution in [3.05, 3.63) is 37.1 Å². The first-order valence-electron chi connectivity index (χ1n) is 3.43. The lowest BCUT2D eigenvalue weighted by Crippen LogP contribution is -1.88. The molecule has 0 fully saturated rings. The average Bonchev–Trinajstić information content (AvgIpc) is 2.19. The van der Waals surface area contributed by atoms with E-state index in [2.05, 4.69) is 4.85 Å². The van der Waals surface area contributed by atoms with Gasteiger partial charge in [0.05, 0.1) is 26.7 Å². The Morgan fingerprint density at radius 1 is 0.867 bits per heavy atom. The summed E-state index contributed by atoms with van der Waals surface area (Å²) in [4.78, 5) is 2.18. The van der Waals surface area contributed by atoms with Crippen LogP contribution in [0.25, 0.3) is 4.85 Å². The van der Waals surface area contributed by atoms with Gasteiger partial charge in [-0.3, -0.25) is 0 Å². The zero-order chi connectivity index (χ0) is 11.7. The van der Waals surface area contributed by atoms with Crippen LogP contribution in [-0.2, 0) is 0 Å². The van der Waals surface area contributed by atoms with E-state index in [0.29, 0.717) is 0 Å². The van der Waals surface area contributed by atoms with Crippen LogP contribution in [0, 0.1) is 6.57 Å². The first-order chi connectivity index (χ1) is 6.91. The maximum Gasteiger partial charge on any atom is 0.214 e. The molecule has 1 aromatic carbocycles. The lowest BCUT2D eigenvalue weighted by Gasteiger charge is -2.12. The van der Waals surface area contributed by atoms with Crippen molar-refractivity contribution in [2.75, 3.05) is 0 Å². The molecule has 0 aliphatic rings. The van der Waals surface area contributed by atoms with Crippen molar-refractivity contribution in [2.24, 2.45) is 0 Å². The van der Waals surface area contributed by atoms with E-state index in [1.165, 1.54) is 0 Å². The first-order valence-corrected chi connectivity index (χ1v) is 5.81. The first kappa shape index (κ1) is 13.5. The van der Waals surface area contributed by atoms with Gasteiger partial charge >= 0.3 is 0 Å². The Labute approximate surface area is 117 Å². The van der Waals surface area contributed by atoms with Crippen LogP contribution in [-0.4, -0.2) is 0 Å². The van der Waals surface area contributed by atoms with Gasteiger partial charge in [-0.1, -0.05) is 46.4 Å². The standard InChI is InChI=1S/C8HCl6N/c1-15-7-2(8(13)14)3(9)4(10)5(11)6(7)12/h8H. The molecule has 0 bridgehead atoms. The SMILES string of the molecule is [C-]#[N+]c1c(Cl)c(Cl)c(Cl)c(Cl)c1C(Cl)Cl. The Balaban J connectivity index is 3.72. The molecule has 0 aliphatic heterocycles. The van der Waals surface area contributed by atoms with Gasteiger partial charge in [0, 0.05) is 5.56 Å². The van der Waals surface area contributed by atoms with E-state index in [0.717, 1.165) is 0 Å². The van der Waals surface area contributed by atoms with Crippen LogP contribution in [0.15, 0.2) is 0 Å². The highest BCUT2D eigenvalue weighted by atomic mass is 35.5. The fourth-order valence-corrected chi connectivity index (χ4v) is 2.49. The number of rotatable bonds is 1. The van der Waals surface area contributed by atoms with E-state index < -0.39 is 4.84 Å². The molecule has 1 aromatic rings. The molecule has 0 saturated heterocycles. The minimum absolute atomic E-state index is 0.00219. The van der Waals surface area contributed by atoms with Gasteiger partial charge in [-0.2, -0.15) is 0 Å². The normalized spacial score (nSPS) is 10.5. The van der Waals surface area contributed by atoms with E-state index >= 15 is 0 Å². The molecule has 0 saturated carbocycles. The summed E-state index contributed by atoms with van der Waals surface area (Å²) in [7, 11) is 0. The highest BCUT2D eigenvalue weighted by Gasteiger charge is 2.23. The maximum atomic E-state index is 6.95. The van der Waals surface area contributed by atoms with Crippen LogP contribution in [0.4, 0.5) is 5.69 Å². The average molecular weight is 324 g/mol. The van der Waals surface area contributed by atoms with Crippen molar-refractivity contribution in [2.45, 2.75) is 4.84 Å². The summed E-state index contributed by atoms with van der Waals surface area (Å²) in [5.41, 5.74) is 0.195. The summed E-state index contributed by atoms with van der Waals surface area (Å²) in [6, 6.07) is 0. The third-order valence-electron chi connectivity index (χ3n) is 1.61. The number of halogens is 6. The van der Waals surface area contributed by atoms with Crippen LogP contribution in [0.3, 0.4) is 0 Å². The molecule has 0 aliphatic carbocycles. The molecule has 0 N–H and O–H groups in total. The van der Waals surface area contributed by atoms with Crippen LogP contribution < -0.4 is 0 Å². The molecule has 15 heavy (non-hydrogen) atoms. The van der Waals surface area contributed by atoms with Gasteiger partial charge in [0.2, 0.25) is 5.69 Å². The van der Waals surface area contributed by atoms with Gasteiger partial charge in [0.15, 0.2) is 0 Å². The molecular weight excluding hydrogens is 323 g/mol. The van der Waals surface area contributed by atoms with Crippen LogP contribution in [0.2, 0.25) is 20.1 Å². The fourth-order valence-electron chi connectivity index (χ4n) is 0.946. The van der Waals surface area contributed by atoms with Gasteiger partial charge in [-0.25, -0.2) is 4.85 Å². The van der Waals surface area contributed by atoms with Crippen molar-refractivity contribution >= 4 is 75.3 Å². The third-order valence-corrected chi connectivity index (χ3v) is 3.85. The number of hydrogen-bond acceptors (Lipinski definition) is 0. The summed E-state index contributed by atoms with van der Waals surface area (Å²) in [5.74, 6) is 0. The number of nitrogens with zero attached hydrogens (tertiary/aromatic N) is 1. The molecule has 7 heteroatoms. The highest BCUT2D eigenvalue weighted by molar-refractivity contribution is 6.54. The zero-order valence-electron chi connectivity index (χ0n) is 6.79. The summed E-state index contributed by atoms with van der Waals surface area (Å²) >= 11 is 34.6. The molecule has 1 nitrogen and oxygen atoms in total. The predicted octanol–water partition coefficient (Wildman–Crippen LogP) is 6.33. The molecular formula is C8HCl6N. The van der Waals surface area contributed by atoms with Crippen molar-refractivity contribution in [3.63, 3.8) is 0 Å². The molecule has 0 atom stereocenters. The molecule has 0 spiro atoms. The summed E-state index contributed by atoms with van der Waals surface area (Å²) in [5, 5.41) is 0.110. The van der Waals surface area contributed by atoms with E-state index in [1.807, 2.05) is 0 Å². The molecule has 1 rings (SSSR count). The van der Waals surface area contributed by atoms with Crippen molar-refractivity contribution in [1.82, 2.24) is 0 Å². The Bertz CT molecular complexity index is 448. The second-order valence-electron chi connectivity index (χ2n) is 2.43. The monoisotopic (exact) mass is 321 g/mol. The van der Waals surface area contributed by atoms with Gasteiger partial charge in [0.1, 0.15) is 4.84 Å². The molecule has 0 aromatic heterocycles. The van der Waals surface area contributed by atoms with Crippen molar-refractivity contribution in [1.29, 1.82) is 0 Å². The molecule has 80 valence electrons. The Hall–Kier alpha value is 0.450. The lowest BCUT2D eigenvalue weighted by atomic mass is 10.2. The predicted molar refractivity (Wildman–Crippen MR) is 67.2 cm³/mol. The number of alkyl halides is 2. The Morgan fingerprint density at radius 2 is 1.33 bits per heavy atom. The fraction of sp³-hybridized carbons (Fsp3) is 0.125. The van der Waals surface area contributed by atoms with E-state index in [9.17, 15) is 0 Å². The van der Waals surface area contributed by atoms with Gasteiger partial charge in [-0.05, 0) is 0 Å². The van der Waals surface area contributed by atoms with Gasteiger partial charge < -0.3 is 0 Å². The number of benzene rings is 1. The van der Waals surface area contributed by atoms with Crippen LogP contribution >= 0.6 is 69.6 Å². The van der Waals surface area contributed by atoms with Gasteiger partial charge in [0.25, 0.3) is 0 Å². The van der Waals surface area contributed by atoms with E-state index in [-0.39, 0.29) is 31.3 Å². The summed E-state index contributed by atoms with van der Waals surface area (Å²) in [6.45, 7) is 6.95. The van der Waals surface area contributed by atoms with Crippen LogP contribution in [0.1, 0.15) is 10.4 Å². The summed E-state index contributed by atoms with van der Waals surface area (Å²) in [6.07, 6.45) is 0. The van der Waals surface area contributed by atoms with Crippen molar-refractivity contribution in [3.8, 4) is 0 Å². The van der Waals surface area contributed by atoms with E-state index in [1.54, 1.807) is 0 Å². The third kappa shape index (κ3) is 2.42. The second kappa shape index (κ2) is 5.19.